The number of hydrogen-bond acceptors (Lipinski definition) is 3. The standard InChI is InChI=1S/C15H18N2O3/c1-4-20-15(19)16-8-12-7-11-6-5-9(2)10(3)13(11)17-14(12)18/h5-7H,4,8H2,1-3H3,(H,16,19)(H,17,18). The molecule has 0 aliphatic carbocycles. The molecule has 106 valence electrons. The Morgan fingerprint density at radius 3 is 2.80 bits per heavy atom. The second kappa shape index (κ2) is 5.77. The van der Waals surface area contributed by atoms with E-state index in [0.717, 1.165) is 22.0 Å². The summed E-state index contributed by atoms with van der Waals surface area (Å²) in [6, 6.07) is 5.77. The van der Waals surface area contributed by atoms with Gasteiger partial charge in [0.25, 0.3) is 5.56 Å². The lowest BCUT2D eigenvalue weighted by Crippen LogP contribution is -2.27. The Balaban J connectivity index is 2.32. The number of ether oxygens (including phenoxy) is 1. The number of pyridine rings is 1. The maximum absolute atomic E-state index is 12.0. The third kappa shape index (κ3) is 2.82. The first kappa shape index (κ1) is 14.1. The van der Waals surface area contributed by atoms with Crippen molar-refractivity contribution in [3.63, 3.8) is 0 Å². The summed E-state index contributed by atoms with van der Waals surface area (Å²) in [5, 5.41) is 3.50. The van der Waals surface area contributed by atoms with E-state index in [1.807, 2.05) is 26.0 Å². The molecule has 20 heavy (non-hydrogen) atoms. The summed E-state index contributed by atoms with van der Waals surface area (Å²) < 4.78 is 4.76. The summed E-state index contributed by atoms with van der Waals surface area (Å²) in [6.45, 7) is 6.16. The van der Waals surface area contributed by atoms with Gasteiger partial charge in [-0.2, -0.15) is 0 Å². The van der Waals surface area contributed by atoms with Crippen molar-refractivity contribution in [2.24, 2.45) is 0 Å². The van der Waals surface area contributed by atoms with Crippen molar-refractivity contribution in [1.29, 1.82) is 0 Å². The highest BCUT2D eigenvalue weighted by Gasteiger charge is 2.08. The van der Waals surface area contributed by atoms with Gasteiger partial charge in [0.1, 0.15) is 0 Å². The van der Waals surface area contributed by atoms with Gasteiger partial charge in [-0.15, -0.1) is 0 Å². The number of aromatic amines is 1. The van der Waals surface area contributed by atoms with Crippen LogP contribution in [0.25, 0.3) is 10.9 Å². The largest absolute Gasteiger partial charge is 0.450 e. The van der Waals surface area contributed by atoms with Gasteiger partial charge in [-0.25, -0.2) is 4.79 Å². The number of carbonyl (C=O) groups excluding carboxylic acids is 1. The molecule has 1 aromatic carbocycles. The van der Waals surface area contributed by atoms with Gasteiger partial charge in [0.05, 0.1) is 18.7 Å². The van der Waals surface area contributed by atoms with E-state index in [0.29, 0.717) is 12.2 Å². The highest BCUT2D eigenvalue weighted by Crippen LogP contribution is 2.18. The van der Waals surface area contributed by atoms with Gasteiger partial charge >= 0.3 is 6.09 Å². The second-order valence-corrected chi connectivity index (χ2v) is 4.67. The van der Waals surface area contributed by atoms with Crippen molar-refractivity contribution in [3.8, 4) is 0 Å². The number of rotatable bonds is 3. The summed E-state index contributed by atoms with van der Waals surface area (Å²) >= 11 is 0. The van der Waals surface area contributed by atoms with E-state index in [1.54, 1.807) is 13.0 Å². The molecule has 2 rings (SSSR count). The number of aromatic nitrogens is 1. The molecule has 0 unspecified atom stereocenters. The van der Waals surface area contributed by atoms with E-state index in [4.69, 9.17) is 4.74 Å². The van der Waals surface area contributed by atoms with Crippen LogP contribution < -0.4 is 10.9 Å². The van der Waals surface area contributed by atoms with Gasteiger partial charge in [-0.3, -0.25) is 4.79 Å². The summed E-state index contributed by atoms with van der Waals surface area (Å²) in [7, 11) is 0. The molecule has 5 nitrogen and oxygen atoms in total. The number of carbonyl (C=O) groups is 1. The number of H-pyrrole nitrogens is 1. The minimum Gasteiger partial charge on any atom is -0.450 e. The molecule has 1 aromatic heterocycles. The van der Waals surface area contributed by atoms with E-state index in [-0.39, 0.29) is 12.1 Å². The van der Waals surface area contributed by atoms with Crippen LogP contribution in [0.4, 0.5) is 4.79 Å². The average Bonchev–Trinajstić information content (AvgIpc) is 2.42. The summed E-state index contributed by atoms with van der Waals surface area (Å²) in [5.41, 5.74) is 3.35. The van der Waals surface area contributed by atoms with Crippen LogP contribution in [-0.4, -0.2) is 17.7 Å². The second-order valence-electron chi connectivity index (χ2n) is 4.67. The van der Waals surface area contributed by atoms with E-state index in [1.165, 1.54) is 0 Å². The van der Waals surface area contributed by atoms with E-state index >= 15 is 0 Å². The summed E-state index contributed by atoms with van der Waals surface area (Å²) in [5.74, 6) is 0. The summed E-state index contributed by atoms with van der Waals surface area (Å²) in [4.78, 5) is 26.1. The first-order chi connectivity index (χ1) is 9.52. The fourth-order valence-corrected chi connectivity index (χ4v) is 2.05. The van der Waals surface area contributed by atoms with E-state index in [2.05, 4.69) is 10.3 Å². The Labute approximate surface area is 117 Å². The molecule has 2 aromatic rings. The van der Waals surface area contributed by atoms with Crippen LogP contribution in [0.3, 0.4) is 0 Å². The van der Waals surface area contributed by atoms with Gasteiger partial charge in [0, 0.05) is 5.56 Å². The van der Waals surface area contributed by atoms with Gasteiger partial charge in [0.2, 0.25) is 0 Å². The van der Waals surface area contributed by atoms with E-state index < -0.39 is 6.09 Å². The van der Waals surface area contributed by atoms with Crippen molar-refractivity contribution < 1.29 is 9.53 Å². The van der Waals surface area contributed by atoms with Gasteiger partial charge < -0.3 is 15.0 Å². The Morgan fingerprint density at radius 1 is 1.35 bits per heavy atom. The van der Waals surface area contributed by atoms with Gasteiger partial charge in [-0.05, 0) is 43.4 Å². The molecule has 0 aliphatic heterocycles. The third-order valence-corrected chi connectivity index (χ3v) is 3.33. The zero-order chi connectivity index (χ0) is 14.7. The molecule has 0 radical (unpaired) electrons. The lowest BCUT2D eigenvalue weighted by molar-refractivity contribution is 0.151. The third-order valence-electron chi connectivity index (χ3n) is 3.33. The molecule has 0 aliphatic rings. The van der Waals surface area contributed by atoms with Crippen molar-refractivity contribution in [1.82, 2.24) is 10.3 Å². The maximum atomic E-state index is 12.0. The monoisotopic (exact) mass is 274 g/mol. The molecular formula is C15H18N2O3. The van der Waals surface area contributed by atoms with Gasteiger partial charge in [0.15, 0.2) is 0 Å². The fourth-order valence-electron chi connectivity index (χ4n) is 2.05. The highest BCUT2D eigenvalue weighted by molar-refractivity contribution is 5.83. The maximum Gasteiger partial charge on any atom is 0.407 e. The van der Waals surface area contributed by atoms with Crippen molar-refractivity contribution in [2.75, 3.05) is 6.61 Å². The number of hydrogen-bond donors (Lipinski definition) is 2. The molecule has 0 fully saturated rings. The first-order valence-electron chi connectivity index (χ1n) is 6.55. The van der Waals surface area contributed by atoms with Crippen LogP contribution in [-0.2, 0) is 11.3 Å². The Kier molecular flexibility index (Phi) is 4.08. The van der Waals surface area contributed by atoms with Crippen LogP contribution in [0.15, 0.2) is 23.0 Å². The molecular weight excluding hydrogens is 256 g/mol. The minimum atomic E-state index is -0.521. The molecule has 2 N–H and O–H groups in total. The topological polar surface area (TPSA) is 71.2 Å². The zero-order valence-electron chi connectivity index (χ0n) is 11.9. The predicted molar refractivity (Wildman–Crippen MR) is 77.9 cm³/mol. The molecule has 1 heterocycles. The zero-order valence-corrected chi connectivity index (χ0v) is 11.9. The number of benzene rings is 1. The average molecular weight is 274 g/mol. The van der Waals surface area contributed by atoms with Crippen LogP contribution in [0.5, 0.6) is 0 Å². The molecule has 0 saturated heterocycles. The molecule has 0 bridgehead atoms. The normalized spacial score (nSPS) is 10.6. The smallest absolute Gasteiger partial charge is 0.407 e. The lowest BCUT2D eigenvalue weighted by atomic mass is 10.0. The van der Waals surface area contributed by atoms with Crippen LogP contribution in [0.1, 0.15) is 23.6 Å². The quantitative estimate of drug-likeness (QED) is 0.902. The highest BCUT2D eigenvalue weighted by atomic mass is 16.5. The van der Waals surface area contributed by atoms with Crippen LogP contribution in [0, 0.1) is 13.8 Å². The van der Waals surface area contributed by atoms with Gasteiger partial charge in [-0.1, -0.05) is 12.1 Å². The predicted octanol–water partition coefficient (Wildman–Crippen LogP) is 2.39. The Hall–Kier alpha value is -2.30. The summed E-state index contributed by atoms with van der Waals surface area (Å²) in [6.07, 6.45) is -0.521. The SMILES string of the molecule is CCOC(=O)NCc1cc2ccc(C)c(C)c2[nH]c1=O. The number of alkyl carbamates (subject to hydrolysis) is 1. The van der Waals surface area contributed by atoms with Crippen molar-refractivity contribution in [3.05, 3.63) is 45.2 Å². The molecule has 0 spiro atoms. The number of fused-ring (bicyclic) bond motifs is 1. The molecule has 0 saturated carbocycles. The van der Waals surface area contributed by atoms with Crippen molar-refractivity contribution >= 4 is 17.0 Å². The fraction of sp³-hybridized carbons (Fsp3) is 0.333. The number of aryl methyl sites for hydroxylation is 2. The van der Waals surface area contributed by atoms with Crippen molar-refractivity contribution in [2.45, 2.75) is 27.3 Å². The lowest BCUT2D eigenvalue weighted by Gasteiger charge is -2.08. The van der Waals surface area contributed by atoms with Crippen LogP contribution >= 0.6 is 0 Å². The Bertz CT molecular complexity index is 704. The first-order valence-corrected chi connectivity index (χ1v) is 6.55. The number of amides is 1. The molecule has 1 amide bonds. The number of nitrogens with one attached hydrogen (secondary N) is 2. The molecule has 5 heteroatoms. The Morgan fingerprint density at radius 2 is 2.10 bits per heavy atom. The van der Waals surface area contributed by atoms with E-state index in [9.17, 15) is 9.59 Å². The molecule has 0 atom stereocenters. The van der Waals surface area contributed by atoms with Crippen LogP contribution in [0.2, 0.25) is 0 Å². The minimum absolute atomic E-state index is 0.150.